The molecule has 0 saturated heterocycles. The number of hydrogen-bond acceptors (Lipinski definition) is 3. The Morgan fingerprint density at radius 3 is 1.13 bits per heavy atom. The van der Waals surface area contributed by atoms with E-state index in [0.717, 1.165) is 22.8 Å². The summed E-state index contributed by atoms with van der Waals surface area (Å²) >= 11 is 0. The molecular weight excluding hydrogens is 467 g/mol. The Morgan fingerprint density at radius 2 is 0.806 bits per heavy atom. The zero-order valence-corrected chi connectivity index (χ0v) is 22.1. The van der Waals surface area contributed by atoms with E-state index in [9.17, 15) is 0 Å². The summed E-state index contributed by atoms with van der Waals surface area (Å²) < 4.78 is 0. The largest absolute Gasteiger partial charge is 0.255 e. The van der Waals surface area contributed by atoms with Gasteiger partial charge < -0.3 is 0 Å². The van der Waals surface area contributed by atoms with Gasteiger partial charge in [-0.1, -0.05) is 62.3 Å². The summed E-state index contributed by atoms with van der Waals surface area (Å²) in [5.41, 5.74) is 7.45. The fraction of sp³-hybridized carbons (Fsp3) is 0.444. The van der Waals surface area contributed by atoms with Gasteiger partial charge in [-0.25, -0.2) is 4.98 Å². The molecule has 0 bridgehead atoms. The van der Waals surface area contributed by atoms with E-state index in [0.29, 0.717) is 0 Å². The van der Waals surface area contributed by atoms with Crippen LogP contribution in [0.4, 0.5) is 0 Å². The van der Waals surface area contributed by atoms with Crippen LogP contribution in [0.15, 0.2) is 48.8 Å². The molecule has 0 atom stereocenters. The maximum absolute atomic E-state index is 5.01. The zero-order chi connectivity index (χ0) is 22.3. The van der Waals surface area contributed by atoms with Crippen molar-refractivity contribution in [3.05, 3.63) is 65.5 Å². The molecule has 4 heteroatoms. The molecule has 31 heavy (non-hydrogen) atoms. The van der Waals surface area contributed by atoms with Crippen molar-refractivity contribution in [3.8, 4) is 22.8 Å². The summed E-state index contributed by atoms with van der Waals surface area (Å²) in [5, 5.41) is 0. The molecule has 0 amide bonds. The molecule has 3 heterocycles. The quantitative estimate of drug-likeness (QED) is 0.351. The maximum Gasteiger partial charge on any atom is 0.0897 e. The molecule has 0 radical (unpaired) electrons. The van der Waals surface area contributed by atoms with Gasteiger partial charge in [-0.15, -0.1) is 0 Å². The number of aromatic nitrogens is 3. The van der Waals surface area contributed by atoms with E-state index in [-0.39, 0.29) is 35.7 Å². The van der Waals surface area contributed by atoms with Gasteiger partial charge in [0.1, 0.15) is 0 Å². The van der Waals surface area contributed by atoms with Gasteiger partial charge in [-0.05, 0) is 69.3 Å². The Balaban J connectivity index is 0.00000341. The number of hydrogen-bond donors (Lipinski definition) is 0. The summed E-state index contributed by atoms with van der Waals surface area (Å²) in [5.74, 6) is 0. The van der Waals surface area contributed by atoms with E-state index >= 15 is 0 Å². The Labute approximate surface area is 200 Å². The molecule has 3 aromatic rings. The van der Waals surface area contributed by atoms with Gasteiger partial charge in [0.25, 0.3) is 0 Å². The first-order valence-corrected chi connectivity index (χ1v) is 10.7. The average Bonchev–Trinajstić information content (AvgIpc) is 2.66. The second kappa shape index (κ2) is 8.90. The molecule has 3 rings (SSSR count). The Morgan fingerprint density at radius 1 is 0.484 bits per heavy atom. The summed E-state index contributed by atoms with van der Waals surface area (Å²) in [6.45, 7) is 20.0. The van der Waals surface area contributed by atoms with Crippen LogP contribution in [-0.2, 0) is 35.7 Å². The van der Waals surface area contributed by atoms with E-state index in [1.54, 1.807) is 0 Å². The van der Waals surface area contributed by atoms with Crippen LogP contribution in [0.1, 0.15) is 79.0 Å². The Hall–Kier alpha value is -1.93. The summed E-state index contributed by atoms with van der Waals surface area (Å²) in [4.78, 5) is 14.3. The van der Waals surface area contributed by atoms with Gasteiger partial charge in [0.15, 0.2) is 0 Å². The molecular formula is C27H35N3Ru. The summed E-state index contributed by atoms with van der Waals surface area (Å²) in [6, 6.07) is 12.9. The van der Waals surface area contributed by atoms with Crippen LogP contribution in [0.3, 0.4) is 0 Å². The van der Waals surface area contributed by atoms with Crippen molar-refractivity contribution in [2.75, 3.05) is 0 Å². The molecule has 0 N–H and O–H groups in total. The smallest absolute Gasteiger partial charge is 0.0897 e. The second-order valence-electron chi connectivity index (χ2n) is 11.2. The molecule has 0 aliphatic rings. The molecule has 0 spiro atoms. The number of rotatable bonds is 2. The van der Waals surface area contributed by atoms with Crippen molar-refractivity contribution in [2.24, 2.45) is 0 Å². The molecule has 0 aliphatic carbocycles. The number of pyridine rings is 3. The molecule has 3 nitrogen and oxygen atoms in total. The van der Waals surface area contributed by atoms with E-state index in [1.165, 1.54) is 16.7 Å². The minimum Gasteiger partial charge on any atom is -0.255 e. The van der Waals surface area contributed by atoms with Crippen molar-refractivity contribution >= 4 is 0 Å². The third-order valence-corrected chi connectivity index (χ3v) is 5.47. The van der Waals surface area contributed by atoms with Gasteiger partial charge in [-0.2, -0.15) is 0 Å². The van der Waals surface area contributed by atoms with Crippen molar-refractivity contribution < 1.29 is 19.5 Å². The summed E-state index contributed by atoms with van der Waals surface area (Å²) in [6.07, 6.45) is 3.78. The standard InChI is InChI=1S/C27H35N3.Ru/c1-25(2,3)18-10-12-28-21(14-18)23-16-20(27(7,8)9)17-24(30-23)22-15-19(11-13-29-22)26(4,5)6;/h10-17H,1-9H3;. The van der Waals surface area contributed by atoms with Crippen molar-refractivity contribution in [1.82, 2.24) is 15.0 Å². The van der Waals surface area contributed by atoms with Crippen molar-refractivity contribution in [3.63, 3.8) is 0 Å². The van der Waals surface area contributed by atoms with Crippen LogP contribution < -0.4 is 0 Å². The SMILES string of the molecule is CC(C)(C)c1ccnc(-c2cc(C(C)(C)C)cc(-c3cc(C(C)(C)C)ccn3)n2)c1.[Ru]. The van der Waals surface area contributed by atoms with Crippen LogP contribution >= 0.6 is 0 Å². The van der Waals surface area contributed by atoms with E-state index in [4.69, 9.17) is 4.98 Å². The van der Waals surface area contributed by atoms with Crippen LogP contribution in [0, 0.1) is 0 Å². The van der Waals surface area contributed by atoms with Crippen molar-refractivity contribution in [2.45, 2.75) is 78.6 Å². The predicted octanol–water partition coefficient (Wildman–Crippen LogP) is 7.10. The summed E-state index contributed by atoms with van der Waals surface area (Å²) in [7, 11) is 0. The third kappa shape index (κ3) is 6.07. The minimum absolute atomic E-state index is 0. The monoisotopic (exact) mass is 503 g/mol. The molecule has 0 fully saturated rings. The second-order valence-corrected chi connectivity index (χ2v) is 11.2. The van der Waals surface area contributed by atoms with Gasteiger partial charge in [0.2, 0.25) is 0 Å². The van der Waals surface area contributed by atoms with Crippen molar-refractivity contribution in [1.29, 1.82) is 0 Å². The topological polar surface area (TPSA) is 38.7 Å². The van der Waals surface area contributed by atoms with E-state index < -0.39 is 0 Å². The van der Waals surface area contributed by atoms with Gasteiger partial charge >= 0.3 is 0 Å². The fourth-order valence-corrected chi connectivity index (χ4v) is 3.30. The van der Waals surface area contributed by atoms with E-state index in [2.05, 4.69) is 109 Å². The Bertz CT molecular complexity index is 975. The molecule has 0 saturated carbocycles. The van der Waals surface area contributed by atoms with Crippen LogP contribution in [0.5, 0.6) is 0 Å². The zero-order valence-electron chi connectivity index (χ0n) is 20.3. The predicted molar refractivity (Wildman–Crippen MR) is 127 cm³/mol. The van der Waals surface area contributed by atoms with Crippen LogP contribution in [0.25, 0.3) is 22.8 Å². The molecule has 0 aromatic carbocycles. The van der Waals surface area contributed by atoms with Gasteiger partial charge in [0, 0.05) is 31.9 Å². The number of nitrogens with zero attached hydrogens (tertiary/aromatic N) is 3. The first-order chi connectivity index (χ1) is 13.7. The first-order valence-electron chi connectivity index (χ1n) is 10.7. The normalized spacial score (nSPS) is 12.4. The maximum atomic E-state index is 5.01. The average molecular weight is 503 g/mol. The van der Waals surface area contributed by atoms with Crippen LogP contribution in [-0.4, -0.2) is 15.0 Å². The molecule has 0 aliphatic heterocycles. The third-order valence-electron chi connectivity index (χ3n) is 5.47. The first kappa shape index (κ1) is 25.3. The molecule has 166 valence electrons. The Kier molecular flexibility index (Phi) is 7.28. The fourth-order valence-electron chi connectivity index (χ4n) is 3.30. The van der Waals surface area contributed by atoms with Gasteiger partial charge in [0.05, 0.1) is 22.8 Å². The molecule has 3 aromatic heterocycles. The van der Waals surface area contributed by atoms with E-state index in [1.807, 2.05) is 12.4 Å². The van der Waals surface area contributed by atoms with Gasteiger partial charge in [-0.3, -0.25) is 9.97 Å². The molecule has 0 unspecified atom stereocenters. The van der Waals surface area contributed by atoms with Crippen LogP contribution in [0.2, 0.25) is 0 Å². The minimum atomic E-state index is -0.00425.